The van der Waals surface area contributed by atoms with Crippen LogP contribution >= 0.6 is 11.6 Å². The van der Waals surface area contributed by atoms with Gasteiger partial charge in [0.1, 0.15) is 0 Å². The second-order valence-electron chi connectivity index (χ2n) is 4.50. The number of rotatable bonds is 4. The Balaban J connectivity index is 2.18. The number of hydrogen-bond acceptors (Lipinski definition) is 4. The standard InChI is InChI=1S/C16H15ClN2O3/c1-10(13-7-4-8-14(22-2)15(13)20)18-19-16(21)11-5-3-6-12(17)9-11/h3-9,20H,1-2H3,(H,19,21)/b18-10+. The van der Waals surface area contributed by atoms with E-state index in [0.717, 1.165) is 0 Å². The van der Waals surface area contributed by atoms with Crippen LogP contribution < -0.4 is 10.2 Å². The number of halogens is 1. The number of benzene rings is 2. The zero-order valence-corrected chi connectivity index (χ0v) is 12.9. The molecule has 6 heteroatoms. The number of hydrogen-bond donors (Lipinski definition) is 2. The molecule has 2 N–H and O–H groups in total. The molecule has 0 bridgehead atoms. The minimum absolute atomic E-state index is 0.0248. The number of phenolic OH excluding ortho intramolecular Hbond substituents is 1. The molecule has 0 atom stereocenters. The quantitative estimate of drug-likeness (QED) is 0.671. The van der Waals surface area contributed by atoms with Crippen LogP contribution in [0.3, 0.4) is 0 Å². The average molecular weight is 319 g/mol. The lowest BCUT2D eigenvalue weighted by molar-refractivity contribution is 0.0955. The molecule has 0 heterocycles. The molecule has 0 aliphatic heterocycles. The SMILES string of the molecule is COc1cccc(/C(C)=N/NC(=O)c2cccc(Cl)c2)c1O. The van der Waals surface area contributed by atoms with Crippen LogP contribution in [0, 0.1) is 0 Å². The maximum atomic E-state index is 12.0. The number of ether oxygens (including phenoxy) is 1. The van der Waals surface area contributed by atoms with Crippen molar-refractivity contribution in [2.24, 2.45) is 5.10 Å². The smallest absolute Gasteiger partial charge is 0.271 e. The number of hydrazone groups is 1. The van der Waals surface area contributed by atoms with Gasteiger partial charge in [-0.1, -0.05) is 23.7 Å². The number of nitrogens with zero attached hydrogens (tertiary/aromatic N) is 1. The van der Waals surface area contributed by atoms with Crippen molar-refractivity contribution in [3.63, 3.8) is 0 Å². The van der Waals surface area contributed by atoms with E-state index in [1.54, 1.807) is 49.4 Å². The number of para-hydroxylation sites is 1. The molecule has 0 fully saturated rings. The Bertz CT molecular complexity index is 729. The third-order valence-electron chi connectivity index (χ3n) is 3.02. The molecule has 5 nitrogen and oxygen atoms in total. The highest BCUT2D eigenvalue weighted by atomic mass is 35.5. The van der Waals surface area contributed by atoms with Crippen LogP contribution in [0.1, 0.15) is 22.8 Å². The topological polar surface area (TPSA) is 70.9 Å². The number of carbonyl (C=O) groups is 1. The lowest BCUT2D eigenvalue weighted by Crippen LogP contribution is -2.19. The minimum Gasteiger partial charge on any atom is -0.504 e. The van der Waals surface area contributed by atoms with Gasteiger partial charge in [-0.05, 0) is 37.3 Å². The summed E-state index contributed by atoms with van der Waals surface area (Å²) in [6.45, 7) is 1.67. The third-order valence-corrected chi connectivity index (χ3v) is 3.26. The number of phenols is 1. The molecule has 1 amide bonds. The molecule has 0 spiro atoms. The Hall–Kier alpha value is -2.53. The summed E-state index contributed by atoms with van der Waals surface area (Å²) in [6, 6.07) is 11.6. The van der Waals surface area contributed by atoms with E-state index < -0.39 is 0 Å². The summed E-state index contributed by atoms with van der Waals surface area (Å²) < 4.78 is 5.04. The van der Waals surface area contributed by atoms with Crippen molar-refractivity contribution in [3.8, 4) is 11.5 Å². The van der Waals surface area contributed by atoms with E-state index in [0.29, 0.717) is 27.6 Å². The van der Waals surface area contributed by atoms with Gasteiger partial charge in [0, 0.05) is 16.1 Å². The normalized spacial score (nSPS) is 11.1. The molecule has 114 valence electrons. The molecular formula is C16H15ClN2O3. The summed E-state index contributed by atoms with van der Waals surface area (Å²) in [5, 5.41) is 14.5. The summed E-state index contributed by atoms with van der Waals surface area (Å²) in [7, 11) is 1.46. The molecule has 0 aromatic heterocycles. The predicted octanol–water partition coefficient (Wildman–Crippen LogP) is 3.21. The van der Waals surface area contributed by atoms with E-state index in [4.69, 9.17) is 16.3 Å². The lowest BCUT2D eigenvalue weighted by atomic mass is 10.1. The van der Waals surface area contributed by atoms with Crippen molar-refractivity contribution in [1.29, 1.82) is 0 Å². The van der Waals surface area contributed by atoms with Gasteiger partial charge >= 0.3 is 0 Å². The first-order valence-electron chi connectivity index (χ1n) is 6.49. The van der Waals surface area contributed by atoms with Gasteiger partial charge in [0.2, 0.25) is 0 Å². The Labute approximate surface area is 133 Å². The van der Waals surface area contributed by atoms with Gasteiger partial charge in [-0.15, -0.1) is 0 Å². The highest BCUT2D eigenvalue weighted by Crippen LogP contribution is 2.29. The molecule has 0 saturated carbocycles. The van der Waals surface area contributed by atoms with E-state index in [1.807, 2.05) is 0 Å². The zero-order chi connectivity index (χ0) is 16.1. The van der Waals surface area contributed by atoms with E-state index >= 15 is 0 Å². The molecule has 0 aliphatic carbocycles. The Morgan fingerprint density at radius 2 is 2.00 bits per heavy atom. The number of nitrogens with one attached hydrogen (secondary N) is 1. The first-order valence-corrected chi connectivity index (χ1v) is 6.87. The molecule has 0 unspecified atom stereocenters. The van der Waals surface area contributed by atoms with Crippen LogP contribution in [0.5, 0.6) is 11.5 Å². The second-order valence-corrected chi connectivity index (χ2v) is 4.94. The number of methoxy groups -OCH3 is 1. The van der Waals surface area contributed by atoms with Crippen molar-refractivity contribution in [1.82, 2.24) is 5.43 Å². The number of aromatic hydroxyl groups is 1. The molecule has 0 aliphatic rings. The van der Waals surface area contributed by atoms with Gasteiger partial charge in [0.25, 0.3) is 5.91 Å². The van der Waals surface area contributed by atoms with E-state index in [2.05, 4.69) is 10.5 Å². The maximum Gasteiger partial charge on any atom is 0.271 e. The summed E-state index contributed by atoms with van der Waals surface area (Å²) in [5.41, 5.74) is 3.76. The van der Waals surface area contributed by atoms with Gasteiger partial charge < -0.3 is 9.84 Å². The first kappa shape index (κ1) is 15.9. The average Bonchev–Trinajstić information content (AvgIpc) is 2.52. The monoisotopic (exact) mass is 318 g/mol. The largest absolute Gasteiger partial charge is 0.504 e. The molecule has 22 heavy (non-hydrogen) atoms. The van der Waals surface area contributed by atoms with E-state index in [1.165, 1.54) is 7.11 Å². The Morgan fingerprint density at radius 1 is 1.27 bits per heavy atom. The molecule has 0 saturated heterocycles. The van der Waals surface area contributed by atoms with Gasteiger partial charge in [0.05, 0.1) is 12.8 Å². The van der Waals surface area contributed by atoms with Crippen molar-refractivity contribution in [2.45, 2.75) is 6.92 Å². The molecule has 2 aromatic carbocycles. The molecule has 2 aromatic rings. The van der Waals surface area contributed by atoms with Crippen molar-refractivity contribution >= 4 is 23.2 Å². The van der Waals surface area contributed by atoms with Gasteiger partial charge in [-0.3, -0.25) is 4.79 Å². The summed E-state index contributed by atoms with van der Waals surface area (Å²) >= 11 is 5.84. The van der Waals surface area contributed by atoms with E-state index in [9.17, 15) is 9.90 Å². The summed E-state index contributed by atoms with van der Waals surface area (Å²) in [4.78, 5) is 12.0. The predicted molar refractivity (Wildman–Crippen MR) is 85.8 cm³/mol. The number of amides is 1. The van der Waals surface area contributed by atoms with Crippen molar-refractivity contribution in [2.75, 3.05) is 7.11 Å². The Morgan fingerprint density at radius 3 is 2.68 bits per heavy atom. The third kappa shape index (κ3) is 3.56. The lowest BCUT2D eigenvalue weighted by Gasteiger charge is -2.08. The molecule has 0 radical (unpaired) electrons. The van der Waals surface area contributed by atoms with Crippen LogP contribution in [0.25, 0.3) is 0 Å². The fraction of sp³-hybridized carbons (Fsp3) is 0.125. The summed E-state index contributed by atoms with van der Waals surface area (Å²) in [6.07, 6.45) is 0. The van der Waals surface area contributed by atoms with E-state index in [-0.39, 0.29) is 11.7 Å². The second kappa shape index (κ2) is 6.95. The minimum atomic E-state index is -0.385. The highest BCUT2D eigenvalue weighted by Gasteiger charge is 2.11. The Kier molecular flexibility index (Phi) is 5.01. The van der Waals surface area contributed by atoms with Crippen LogP contribution in [0.4, 0.5) is 0 Å². The van der Waals surface area contributed by atoms with Crippen molar-refractivity contribution in [3.05, 3.63) is 58.6 Å². The summed E-state index contributed by atoms with van der Waals surface area (Å²) in [5.74, 6) is -0.0688. The molecule has 2 rings (SSSR count). The van der Waals surface area contributed by atoms with Crippen molar-refractivity contribution < 1.29 is 14.6 Å². The van der Waals surface area contributed by atoms with Crippen LogP contribution in [0.15, 0.2) is 47.6 Å². The first-order chi connectivity index (χ1) is 10.5. The van der Waals surface area contributed by atoms with Gasteiger partial charge in [-0.25, -0.2) is 5.43 Å². The van der Waals surface area contributed by atoms with Crippen LogP contribution in [-0.4, -0.2) is 23.8 Å². The van der Waals surface area contributed by atoms with Gasteiger partial charge in [0.15, 0.2) is 11.5 Å². The highest BCUT2D eigenvalue weighted by molar-refractivity contribution is 6.30. The molecular weight excluding hydrogens is 304 g/mol. The number of carbonyl (C=O) groups excluding carboxylic acids is 1. The van der Waals surface area contributed by atoms with Crippen LogP contribution in [0.2, 0.25) is 5.02 Å². The zero-order valence-electron chi connectivity index (χ0n) is 12.1. The van der Waals surface area contributed by atoms with Gasteiger partial charge in [-0.2, -0.15) is 5.10 Å². The fourth-order valence-corrected chi connectivity index (χ4v) is 2.06. The maximum absolute atomic E-state index is 12.0. The fourth-order valence-electron chi connectivity index (χ4n) is 1.87. The van der Waals surface area contributed by atoms with Crippen LogP contribution in [-0.2, 0) is 0 Å².